The number of methoxy groups -OCH3 is 1. The van der Waals surface area contributed by atoms with E-state index in [4.69, 9.17) is 21.1 Å². The Morgan fingerprint density at radius 2 is 2.02 bits per heavy atom. The Morgan fingerprint density at radius 1 is 1.21 bits per heavy atom. The number of aliphatic hydroxyl groups is 1. The summed E-state index contributed by atoms with van der Waals surface area (Å²) in [6, 6.07) is 2.44. The molecule has 0 aromatic carbocycles. The molecular weight excluding hydrogens is 572 g/mol. The van der Waals surface area contributed by atoms with Gasteiger partial charge in [-0.1, -0.05) is 11.6 Å². The van der Waals surface area contributed by atoms with E-state index in [0.717, 1.165) is 4.90 Å². The number of carbonyl (C=O) groups is 1. The summed E-state index contributed by atoms with van der Waals surface area (Å²) in [6.07, 6.45) is 6.22. The lowest BCUT2D eigenvalue weighted by Gasteiger charge is -2.59. The number of hydrogen-bond donors (Lipinski definition) is 2. The number of nitrogens with zero attached hydrogens (tertiary/aromatic N) is 6. The van der Waals surface area contributed by atoms with Crippen molar-refractivity contribution in [1.82, 2.24) is 24.5 Å². The molecule has 0 aliphatic carbocycles. The molecule has 7 rings (SSSR count). The van der Waals surface area contributed by atoms with Crippen LogP contribution in [0.25, 0.3) is 16.6 Å². The molecule has 2 unspecified atom stereocenters. The van der Waals surface area contributed by atoms with Crippen molar-refractivity contribution in [2.45, 2.75) is 44.0 Å². The summed E-state index contributed by atoms with van der Waals surface area (Å²) >= 11 is 6.41. The lowest BCUT2D eigenvalue weighted by molar-refractivity contribution is -0.157. The number of fused-ring (bicyclic) bond motifs is 3. The molecule has 2 N–H and O–H groups in total. The van der Waals surface area contributed by atoms with Crippen molar-refractivity contribution >= 4 is 34.7 Å². The molecule has 4 aromatic heterocycles. The minimum Gasteiger partial charge on any atom is -0.489 e. The third-order valence-electron chi connectivity index (χ3n) is 7.28. The first-order chi connectivity index (χ1) is 19.9. The zero-order valence-corrected chi connectivity index (χ0v) is 23.7. The Hall–Kier alpha value is -4.23. The Labute approximate surface area is 244 Å². The summed E-state index contributed by atoms with van der Waals surface area (Å²) < 4.78 is 43.7. The third-order valence-corrected chi connectivity index (χ3v) is 7.56. The van der Waals surface area contributed by atoms with Crippen LogP contribution in [0.4, 0.5) is 25.1 Å². The number of anilines is 2. The van der Waals surface area contributed by atoms with Crippen molar-refractivity contribution in [3.63, 3.8) is 0 Å². The molecule has 0 saturated carbocycles. The number of ether oxygens (including phenoxy) is 2. The highest BCUT2D eigenvalue weighted by atomic mass is 35.5. The van der Waals surface area contributed by atoms with Gasteiger partial charge in [-0.15, -0.1) is 0 Å². The highest BCUT2D eigenvalue weighted by Gasteiger charge is 2.63. The van der Waals surface area contributed by atoms with Gasteiger partial charge >= 0.3 is 12.1 Å². The first-order valence-corrected chi connectivity index (χ1v) is 13.6. The minimum atomic E-state index is -3.34. The number of rotatable bonds is 7. The van der Waals surface area contributed by atoms with Crippen LogP contribution < -0.4 is 19.7 Å². The van der Waals surface area contributed by atoms with Crippen LogP contribution in [0, 0.1) is 0 Å². The van der Waals surface area contributed by atoms with Gasteiger partial charge in [0.15, 0.2) is 0 Å². The van der Waals surface area contributed by atoms with E-state index in [-0.39, 0.29) is 25.4 Å². The number of hydrogen-bond acceptors (Lipinski definition) is 8. The molecule has 11 nitrogen and oxygen atoms in total. The van der Waals surface area contributed by atoms with Crippen LogP contribution in [0.15, 0.2) is 55.1 Å². The second kappa shape index (κ2) is 10.2. The topological polar surface area (TPSA) is 117 Å². The maximum Gasteiger partial charge on any atom is 0.347 e. The smallest absolute Gasteiger partial charge is 0.347 e. The van der Waals surface area contributed by atoms with Crippen LogP contribution in [0.1, 0.15) is 20.3 Å². The van der Waals surface area contributed by atoms with Crippen molar-refractivity contribution in [3.8, 4) is 22.8 Å². The fraction of sp³-hybridized carbons (Fsp3) is 0.357. The van der Waals surface area contributed by atoms with Gasteiger partial charge in [0.25, 0.3) is 0 Å². The van der Waals surface area contributed by atoms with Crippen LogP contribution >= 0.6 is 11.6 Å². The molecular formula is C28H28ClF2N7O4. The summed E-state index contributed by atoms with van der Waals surface area (Å²) in [4.78, 5) is 23.4. The predicted octanol–water partition coefficient (Wildman–Crippen LogP) is 4.69. The van der Waals surface area contributed by atoms with E-state index in [2.05, 4.69) is 20.4 Å². The van der Waals surface area contributed by atoms with Gasteiger partial charge in [0.1, 0.15) is 24.2 Å². The number of piperazine rings is 1. The first-order valence-electron chi connectivity index (χ1n) is 13.2. The number of amides is 2. The molecule has 3 saturated heterocycles. The molecule has 0 radical (unpaired) electrons. The van der Waals surface area contributed by atoms with Crippen molar-refractivity contribution in [1.29, 1.82) is 0 Å². The van der Waals surface area contributed by atoms with Crippen LogP contribution in [-0.2, 0) is 0 Å². The van der Waals surface area contributed by atoms with Gasteiger partial charge in [0.05, 0.1) is 53.6 Å². The van der Waals surface area contributed by atoms with Gasteiger partial charge in [-0.05, 0) is 44.5 Å². The number of halogens is 3. The SMILES string of the molecule is COc1ccc(NC(=O)N2C3CC2C(F)(F)N(c2ccc(-c4cc(OCC(C)(C)O)cn5ncc(Cl)c45)cn2)C3)cn1. The molecule has 220 valence electrons. The number of alkyl halides is 2. The molecule has 4 aromatic rings. The second-order valence-electron chi connectivity index (χ2n) is 10.9. The van der Waals surface area contributed by atoms with Crippen molar-refractivity contribution in [2.24, 2.45) is 0 Å². The van der Waals surface area contributed by atoms with E-state index < -0.39 is 29.8 Å². The molecule has 42 heavy (non-hydrogen) atoms. The average molecular weight is 600 g/mol. The number of aromatic nitrogens is 4. The fourth-order valence-corrected chi connectivity index (χ4v) is 5.46. The molecule has 3 aliphatic heterocycles. The molecule has 3 fully saturated rings. The largest absolute Gasteiger partial charge is 0.489 e. The normalized spacial score (nSPS) is 19.4. The zero-order valence-electron chi connectivity index (χ0n) is 23.0. The summed E-state index contributed by atoms with van der Waals surface area (Å²) in [5.74, 6) is 0.900. The molecule has 14 heteroatoms. The molecule has 2 bridgehead atoms. The number of piperidine rings is 1. The van der Waals surface area contributed by atoms with E-state index in [1.54, 1.807) is 48.8 Å². The minimum absolute atomic E-state index is 0.0442. The van der Waals surface area contributed by atoms with Gasteiger partial charge in [-0.2, -0.15) is 13.9 Å². The van der Waals surface area contributed by atoms with E-state index >= 15 is 8.78 Å². The number of pyridine rings is 3. The zero-order chi connectivity index (χ0) is 29.8. The highest BCUT2D eigenvalue weighted by molar-refractivity contribution is 6.34. The van der Waals surface area contributed by atoms with Gasteiger partial charge < -0.3 is 24.8 Å². The quantitative estimate of drug-likeness (QED) is 0.294. The third kappa shape index (κ3) is 5.02. The van der Waals surface area contributed by atoms with Crippen LogP contribution in [0.5, 0.6) is 11.6 Å². The Bertz CT molecular complexity index is 1630. The van der Waals surface area contributed by atoms with Crippen LogP contribution in [0.2, 0.25) is 5.02 Å². The van der Waals surface area contributed by atoms with Gasteiger partial charge in [-0.3, -0.25) is 4.90 Å². The Morgan fingerprint density at radius 3 is 2.67 bits per heavy atom. The van der Waals surface area contributed by atoms with E-state index in [9.17, 15) is 9.90 Å². The highest BCUT2D eigenvalue weighted by Crippen LogP contribution is 2.47. The van der Waals surface area contributed by atoms with Crippen molar-refractivity contribution in [3.05, 3.63) is 60.1 Å². The summed E-state index contributed by atoms with van der Waals surface area (Å²) in [7, 11) is 1.47. The molecule has 0 spiro atoms. The predicted molar refractivity (Wildman–Crippen MR) is 151 cm³/mol. The van der Waals surface area contributed by atoms with E-state index in [1.165, 1.54) is 36.7 Å². The standard InChI is InChI=1S/C28H28ClF2N7O4/c1-27(2,40)15-42-19-9-20(25-21(29)12-34-37(25)14-19)16-4-6-23(32-10-16)36-13-18-8-22(28(36,30)31)38(18)26(39)35-17-5-7-24(41-3)33-11-17/h4-7,9-12,14,18,22,40H,8,13,15H2,1-3H3,(H,35,39). The van der Waals surface area contributed by atoms with Gasteiger partial charge in [0, 0.05) is 29.9 Å². The molecule has 7 heterocycles. The Balaban J connectivity index is 1.21. The average Bonchev–Trinajstić information content (AvgIpc) is 3.31. The maximum absolute atomic E-state index is 15.7. The lowest BCUT2D eigenvalue weighted by Crippen LogP contribution is -2.78. The monoisotopic (exact) mass is 599 g/mol. The molecule has 2 amide bonds. The first kappa shape index (κ1) is 27.9. The second-order valence-corrected chi connectivity index (χ2v) is 11.3. The number of nitrogens with one attached hydrogen (secondary N) is 1. The fourth-order valence-electron chi connectivity index (χ4n) is 5.23. The van der Waals surface area contributed by atoms with Crippen molar-refractivity contribution in [2.75, 3.05) is 30.5 Å². The van der Waals surface area contributed by atoms with Gasteiger partial charge in [-0.25, -0.2) is 19.3 Å². The molecule has 3 aliphatic rings. The number of urea groups is 1. The van der Waals surface area contributed by atoms with Crippen LogP contribution in [0.3, 0.4) is 0 Å². The molecule has 2 atom stereocenters. The maximum atomic E-state index is 15.7. The summed E-state index contributed by atoms with van der Waals surface area (Å²) in [5.41, 5.74) is 1.17. The number of carbonyl (C=O) groups excluding carboxylic acids is 1. The Kier molecular flexibility index (Phi) is 6.81. The van der Waals surface area contributed by atoms with E-state index in [0.29, 0.717) is 39.0 Å². The van der Waals surface area contributed by atoms with Crippen molar-refractivity contribution < 1.29 is 28.2 Å². The summed E-state index contributed by atoms with van der Waals surface area (Å²) in [6.45, 7) is 3.22. The van der Waals surface area contributed by atoms with Gasteiger partial charge in [0.2, 0.25) is 5.88 Å². The van der Waals surface area contributed by atoms with E-state index in [1.807, 2.05) is 0 Å². The lowest BCUT2D eigenvalue weighted by atomic mass is 9.85. The van der Waals surface area contributed by atoms with Crippen LogP contribution in [-0.4, -0.2) is 79.6 Å². The summed E-state index contributed by atoms with van der Waals surface area (Å²) in [5, 5.41) is 17.3.